The van der Waals surface area contributed by atoms with Gasteiger partial charge in [0.05, 0.1) is 19.8 Å². The van der Waals surface area contributed by atoms with Gasteiger partial charge < -0.3 is 29.6 Å². The van der Waals surface area contributed by atoms with Gasteiger partial charge in [-0.15, -0.1) is 0 Å². The molecule has 7 nitrogen and oxygen atoms in total. The van der Waals surface area contributed by atoms with Gasteiger partial charge in [0.2, 0.25) is 5.75 Å². The summed E-state index contributed by atoms with van der Waals surface area (Å²) in [6.07, 6.45) is 8.35. The first-order valence-electron chi connectivity index (χ1n) is 13.2. The SMILES string of the molecule is CCCCOc1cc(C(=O)NCCc2c[nH]c3ccc(O)cc23)cc(OCCCC)c1OCCCC. The number of H-pyrrole nitrogens is 1. The van der Waals surface area contributed by atoms with Crippen molar-refractivity contribution < 1.29 is 24.1 Å². The molecule has 0 fully saturated rings. The van der Waals surface area contributed by atoms with Gasteiger partial charge in [0.15, 0.2) is 11.5 Å². The number of nitrogens with one attached hydrogen (secondary N) is 2. The molecule has 0 aliphatic heterocycles. The van der Waals surface area contributed by atoms with Gasteiger partial charge in [-0.3, -0.25) is 4.79 Å². The molecule has 7 heteroatoms. The Kier molecular flexibility index (Phi) is 10.8. The van der Waals surface area contributed by atoms with Crippen molar-refractivity contribution in [3.8, 4) is 23.0 Å². The van der Waals surface area contributed by atoms with E-state index in [1.165, 1.54) is 0 Å². The van der Waals surface area contributed by atoms with Gasteiger partial charge in [0, 0.05) is 29.2 Å². The van der Waals surface area contributed by atoms with Crippen LogP contribution in [0.2, 0.25) is 0 Å². The van der Waals surface area contributed by atoms with Crippen LogP contribution >= 0.6 is 0 Å². The summed E-state index contributed by atoms with van der Waals surface area (Å²) in [5, 5.41) is 13.8. The van der Waals surface area contributed by atoms with Gasteiger partial charge in [0.25, 0.3) is 5.91 Å². The zero-order chi connectivity index (χ0) is 25.8. The summed E-state index contributed by atoms with van der Waals surface area (Å²) in [7, 11) is 0. The molecular weight excluding hydrogens is 456 g/mol. The lowest BCUT2D eigenvalue weighted by molar-refractivity contribution is 0.0953. The smallest absolute Gasteiger partial charge is 0.251 e. The predicted molar refractivity (Wildman–Crippen MR) is 144 cm³/mol. The number of phenols is 1. The van der Waals surface area contributed by atoms with Gasteiger partial charge in [-0.1, -0.05) is 40.0 Å². The van der Waals surface area contributed by atoms with Crippen LogP contribution in [0.1, 0.15) is 75.2 Å². The first-order valence-corrected chi connectivity index (χ1v) is 13.2. The monoisotopic (exact) mass is 496 g/mol. The highest BCUT2D eigenvalue weighted by Gasteiger charge is 2.19. The second kappa shape index (κ2) is 14.3. The van der Waals surface area contributed by atoms with Crippen LogP contribution in [0.5, 0.6) is 23.0 Å². The second-order valence-electron chi connectivity index (χ2n) is 8.96. The van der Waals surface area contributed by atoms with Crippen LogP contribution in [0.3, 0.4) is 0 Å². The number of aromatic amines is 1. The van der Waals surface area contributed by atoms with Crippen LogP contribution in [0.25, 0.3) is 10.9 Å². The fourth-order valence-electron chi connectivity index (χ4n) is 3.82. The van der Waals surface area contributed by atoms with E-state index in [2.05, 4.69) is 31.1 Å². The van der Waals surface area contributed by atoms with E-state index in [9.17, 15) is 9.90 Å². The second-order valence-corrected chi connectivity index (χ2v) is 8.96. The summed E-state index contributed by atoms with van der Waals surface area (Å²) in [5.74, 6) is 1.70. The molecule has 0 aliphatic carbocycles. The number of hydrogen-bond donors (Lipinski definition) is 3. The number of unbranched alkanes of at least 4 members (excludes halogenated alkanes) is 3. The molecule has 0 spiro atoms. The Morgan fingerprint density at radius 1 is 0.889 bits per heavy atom. The summed E-state index contributed by atoms with van der Waals surface area (Å²) in [5.41, 5.74) is 2.47. The number of amides is 1. The largest absolute Gasteiger partial charge is 0.508 e. The van der Waals surface area contributed by atoms with Crippen LogP contribution in [0.4, 0.5) is 0 Å². The Labute approximate surface area is 214 Å². The Bertz CT molecular complexity index is 1080. The number of hydrogen-bond acceptors (Lipinski definition) is 5. The summed E-state index contributed by atoms with van der Waals surface area (Å²) < 4.78 is 18.2. The van der Waals surface area contributed by atoms with Gasteiger partial charge in [0.1, 0.15) is 5.75 Å². The first kappa shape index (κ1) is 27.2. The molecule has 196 valence electrons. The molecule has 0 atom stereocenters. The molecule has 0 unspecified atom stereocenters. The molecule has 1 aromatic heterocycles. The maximum absolute atomic E-state index is 13.1. The lowest BCUT2D eigenvalue weighted by Gasteiger charge is -2.18. The average molecular weight is 497 g/mol. The van der Waals surface area contributed by atoms with Crippen LogP contribution in [0, 0.1) is 0 Å². The molecule has 0 bridgehead atoms. The zero-order valence-electron chi connectivity index (χ0n) is 21.8. The highest BCUT2D eigenvalue weighted by atomic mass is 16.5. The van der Waals surface area contributed by atoms with Crippen molar-refractivity contribution in [3.05, 3.63) is 47.7 Å². The number of phenolic OH excluding ortho intramolecular Hbond substituents is 1. The van der Waals surface area contributed by atoms with Crippen molar-refractivity contribution in [1.29, 1.82) is 0 Å². The molecule has 1 heterocycles. The Balaban J connectivity index is 1.76. The normalized spacial score (nSPS) is 11.0. The molecule has 3 N–H and O–H groups in total. The standard InChI is InChI=1S/C29H40N2O5/c1-4-7-14-34-26-17-22(18-27(35-15-8-5-2)28(26)36-16-9-6-3)29(33)30-13-12-21-20-31-25-11-10-23(32)19-24(21)25/h10-11,17-20,31-32H,4-9,12-16H2,1-3H3,(H,30,33). The van der Waals surface area contributed by atoms with Crippen molar-refractivity contribution in [2.45, 2.75) is 65.7 Å². The molecule has 36 heavy (non-hydrogen) atoms. The molecule has 3 rings (SSSR count). The predicted octanol–water partition coefficient (Wildman–Crippen LogP) is 6.38. The summed E-state index contributed by atoms with van der Waals surface area (Å²) in [6.45, 7) is 8.46. The van der Waals surface area contributed by atoms with Crippen LogP contribution < -0.4 is 19.5 Å². The molecule has 2 aromatic carbocycles. The van der Waals surface area contributed by atoms with Crippen molar-refractivity contribution >= 4 is 16.8 Å². The van der Waals surface area contributed by atoms with Crippen molar-refractivity contribution in [2.24, 2.45) is 0 Å². The van der Waals surface area contributed by atoms with Crippen LogP contribution in [0.15, 0.2) is 36.5 Å². The lowest BCUT2D eigenvalue weighted by Crippen LogP contribution is -2.25. The molecule has 0 aliphatic rings. The quantitative estimate of drug-likeness (QED) is 0.200. The maximum Gasteiger partial charge on any atom is 0.251 e. The average Bonchev–Trinajstić information content (AvgIpc) is 3.27. The van der Waals surface area contributed by atoms with E-state index in [0.29, 0.717) is 55.6 Å². The van der Waals surface area contributed by atoms with E-state index >= 15 is 0 Å². The maximum atomic E-state index is 13.1. The lowest BCUT2D eigenvalue weighted by atomic mass is 10.1. The third kappa shape index (κ3) is 7.57. The van der Waals surface area contributed by atoms with Gasteiger partial charge in [-0.05, 0) is 61.6 Å². The summed E-state index contributed by atoms with van der Waals surface area (Å²) in [4.78, 5) is 16.3. The minimum atomic E-state index is -0.196. The number of aromatic nitrogens is 1. The molecule has 0 saturated heterocycles. The number of rotatable bonds is 16. The molecule has 0 radical (unpaired) electrons. The van der Waals surface area contributed by atoms with E-state index in [4.69, 9.17) is 14.2 Å². The number of carbonyl (C=O) groups is 1. The van der Waals surface area contributed by atoms with E-state index in [1.807, 2.05) is 12.3 Å². The van der Waals surface area contributed by atoms with Crippen LogP contribution in [-0.2, 0) is 6.42 Å². The molecular formula is C29H40N2O5. The van der Waals surface area contributed by atoms with Crippen molar-refractivity contribution in [1.82, 2.24) is 10.3 Å². The fourth-order valence-corrected chi connectivity index (χ4v) is 3.82. The summed E-state index contributed by atoms with van der Waals surface area (Å²) >= 11 is 0. The van der Waals surface area contributed by atoms with Crippen molar-refractivity contribution in [2.75, 3.05) is 26.4 Å². The third-order valence-electron chi connectivity index (χ3n) is 5.97. The van der Waals surface area contributed by atoms with Gasteiger partial charge in [-0.2, -0.15) is 0 Å². The first-order chi connectivity index (χ1) is 17.6. The Morgan fingerprint density at radius 3 is 2.11 bits per heavy atom. The molecule has 3 aromatic rings. The third-order valence-corrected chi connectivity index (χ3v) is 5.97. The van der Waals surface area contributed by atoms with E-state index in [0.717, 1.165) is 55.0 Å². The zero-order valence-corrected chi connectivity index (χ0v) is 21.8. The summed E-state index contributed by atoms with van der Waals surface area (Å²) in [6, 6.07) is 8.74. The minimum absolute atomic E-state index is 0.196. The Hall–Kier alpha value is -3.35. The van der Waals surface area contributed by atoms with Gasteiger partial charge >= 0.3 is 0 Å². The number of aromatic hydroxyl groups is 1. The number of benzene rings is 2. The highest BCUT2D eigenvalue weighted by molar-refractivity contribution is 5.95. The Morgan fingerprint density at radius 2 is 1.50 bits per heavy atom. The van der Waals surface area contributed by atoms with E-state index in [-0.39, 0.29) is 11.7 Å². The number of carbonyl (C=O) groups excluding carboxylic acids is 1. The van der Waals surface area contributed by atoms with Gasteiger partial charge in [-0.25, -0.2) is 0 Å². The van der Waals surface area contributed by atoms with Crippen LogP contribution in [-0.4, -0.2) is 42.4 Å². The number of fused-ring (bicyclic) bond motifs is 1. The van der Waals surface area contributed by atoms with Crippen molar-refractivity contribution in [3.63, 3.8) is 0 Å². The topological polar surface area (TPSA) is 92.8 Å². The molecule has 0 saturated carbocycles. The molecule has 1 amide bonds. The van der Waals surface area contributed by atoms with E-state index < -0.39 is 0 Å². The van der Waals surface area contributed by atoms with E-state index in [1.54, 1.807) is 24.3 Å². The minimum Gasteiger partial charge on any atom is -0.508 e. The fraction of sp³-hybridized carbons (Fsp3) is 0.483. The highest BCUT2D eigenvalue weighted by Crippen LogP contribution is 2.39. The number of ether oxygens (including phenoxy) is 3.